The van der Waals surface area contributed by atoms with E-state index in [0.717, 1.165) is 29.9 Å². The second-order valence-electron chi connectivity index (χ2n) is 6.59. The van der Waals surface area contributed by atoms with Gasteiger partial charge in [0.05, 0.1) is 5.69 Å². The van der Waals surface area contributed by atoms with Gasteiger partial charge >= 0.3 is 0 Å². The maximum atomic E-state index is 12.5. The number of aromatic nitrogens is 3. The highest BCUT2D eigenvalue weighted by Gasteiger charge is 2.27. The normalized spacial score (nSPS) is 14.8. The van der Waals surface area contributed by atoms with Gasteiger partial charge in [-0.05, 0) is 31.9 Å². The molecule has 25 heavy (non-hydrogen) atoms. The first-order valence-corrected chi connectivity index (χ1v) is 8.46. The zero-order valence-electron chi connectivity index (χ0n) is 14.8. The SMILES string of the molecule is CC(C(=O)NCc1cccnc1N(C)C)n1nc(C2CC2)ccc1=O. The molecule has 0 aromatic carbocycles. The summed E-state index contributed by atoms with van der Waals surface area (Å²) in [4.78, 5) is 30.8. The molecule has 1 atom stereocenters. The zero-order valence-corrected chi connectivity index (χ0v) is 14.8. The summed E-state index contributed by atoms with van der Waals surface area (Å²) in [5.41, 5.74) is 1.55. The quantitative estimate of drug-likeness (QED) is 0.860. The molecule has 1 N–H and O–H groups in total. The van der Waals surface area contributed by atoms with Gasteiger partial charge < -0.3 is 10.2 Å². The minimum atomic E-state index is -0.661. The van der Waals surface area contributed by atoms with E-state index in [1.807, 2.05) is 31.1 Å². The second kappa shape index (κ2) is 7.04. The molecule has 0 saturated heterocycles. The molecule has 2 heterocycles. The highest BCUT2D eigenvalue weighted by Crippen LogP contribution is 2.38. The molecule has 3 rings (SSSR count). The fourth-order valence-electron chi connectivity index (χ4n) is 2.73. The van der Waals surface area contributed by atoms with Crippen LogP contribution in [0.2, 0.25) is 0 Å². The van der Waals surface area contributed by atoms with E-state index < -0.39 is 6.04 Å². The Bertz CT molecular complexity index is 826. The Kier molecular flexibility index (Phi) is 4.83. The third-order valence-electron chi connectivity index (χ3n) is 4.33. The maximum absolute atomic E-state index is 12.5. The second-order valence-corrected chi connectivity index (χ2v) is 6.59. The largest absolute Gasteiger partial charge is 0.362 e. The lowest BCUT2D eigenvalue weighted by atomic mass is 10.2. The van der Waals surface area contributed by atoms with Crippen molar-refractivity contribution in [3.8, 4) is 0 Å². The third-order valence-corrected chi connectivity index (χ3v) is 4.33. The van der Waals surface area contributed by atoms with Crippen LogP contribution in [0.5, 0.6) is 0 Å². The van der Waals surface area contributed by atoms with Gasteiger partial charge in [0.2, 0.25) is 5.91 Å². The highest BCUT2D eigenvalue weighted by atomic mass is 16.2. The first-order valence-electron chi connectivity index (χ1n) is 8.46. The Balaban J connectivity index is 1.71. The van der Waals surface area contributed by atoms with E-state index in [2.05, 4.69) is 15.4 Å². The van der Waals surface area contributed by atoms with E-state index in [4.69, 9.17) is 0 Å². The van der Waals surface area contributed by atoms with Crippen LogP contribution in [-0.2, 0) is 11.3 Å². The molecule has 7 heteroatoms. The fraction of sp³-hybridized carbons (Fsp3) is 0.444. The highest BCUT2D eigenvalue weighted by molar-refractivity contribution is 5.79. The molecular formula is C18H23N5O2. The van der Waals surface area contributed by atoms with E-state index in [0.29, 0.717) is 12.5 Å². The number of hydrogen-bond acceptors (Lipinski definition) is 5. The van der Waals surface area contributed by atoms with Crippen molar-refractivity contribution in [3.05, 3.63) is 52.1 Å². The average molecular weight is 341 g/mol. The molecule has 1 aliphatic carbocycles. The Morgan fingerprint density at radius 2 is 2.12 bits per heavy atom. The van der Waals surface area contributed by atoms with Crippen LogP contribution in [0.4, 0.5) is 5.82 Å². The Morgan fingerprint density at radius 1 is 1.36 bits per heavy atom. The summed E-state index contributed by atoms with van der Waals surface area (Å²) in [6.07, 6.45) is 3.91. The van der Waals surface area contributed by atoms with Gasteiger partial charge in [-0.3, -0.25) is 9.59 Å². The summed E-state index contributed by atoms with van der Waals surface area (Å²) in [6, 6.07) is 6.36. The van der Waals surface area contributed by atoms with Gasteiger partial charge in [0, 0.05) is 44.4 Å². The minimum Gasteiger partial charge on any atom is -0.362 e. The Hall–Kier alpha value is -2.70. The zero-order chi connectivity index (χ0) is 18.0. The molecule has 2 aromatic heterocycles. The van der Waals surface area contributed by atoms with Crippen molar-refractivity contribution in [2.75, 3.05) is 19.0 Å². The van der Waals surface area contributed by atoms with E-state index in [-0.39, 0.29) is 11.5 Å². The van der Waals surface area contributed by atoms with E-state index >= 15 is 0 Å². The number of nitrogens with one attached hydrogen (secondary N) is 1. The first kappa shape index (κ1) is 17.1. The van der Waals surface area contributed by atoms with Crippen LogP contribution in [0.3, 0.4) is 0 Å². The number of amides is 1. The Morgan fingerprint density at radius 3 is 2.80 bits per heavy atom. The summed E-state index contributed by atoms with van der Waals surface area (Å²) >= 11 is 0. The molecule has 1 saturated carbocycles. The molecule has 132 valence electrons. The molecule has 1 amide bonds. The summed E-state index contributed by atoms with van der Waals surface area (Å²) < 4.78 is 1.28. The first-order chi connectivity index (χ1) is 12.0. The van der Waals surface area contributed by atoms with E-state index in [1.54, 1.807) is 19.2 Å². The van der Waals surface area contributed by atoms with Crippen molar-refractivity contribution in [1.29, 1.82) is 0 Å². The molecule has 0 bridgehead atoms. The molecule has 2 aromatic rings. The molecule has 0 spiro atoms. The van der Waals surface area contributed by atoms with Gasteiger partial charge in [-0.1, -0.05) is 6.07 Å². The van der Waals surface area contributed by atoms with Crippen molar-refractivity contribution in [2.45, 2.75) is 38.3 Å². The van der Waals surface area contributed by atoms with E-state index in [1.165, 1.54) is 10.7 Å². The van der Waals surface area contributed by atoms with Crippen molar-refractivity contribution in [2.24, 2.45) is 0 Å². The monoisotopic (exact) mass is 341 g/mol. The Labute approximate surface area is 146 Å². The third kappa shape index (κ3) is 3.87. The topological polar surface area (TPSA) is 80.1 Å². The number of hydrogen-bond donors (Lipinski definition) is 1. The van der Waals surface area contributed by atoms with Gasteiger partial charge in [0.15, 0.2) is 0 Å². The molecule has 1 aliphatic rings. The van der Waals surface area contributed by atoms with Crippen LogP contribution in [0.15, 0.2) is 35.3 Å². The predicted octanol–water partition coefficient (Wildman–Crippen LogP) is 1.46. The molecule has 1 fully saturated rings. The van der Waals surface area contributed by atoms with Gasteiger partial charge in [0.25, 0.3) is 5.56 Å². The molecular weight excluding hydrogens is 318 g/mol. The van der Waals surface area contributed by atoms with Crippen molar-refractivity contribution >= 4 is 11.7 Å². The summed E-state index contributed by atoms with van der Waals surface area (Å²) in [7, 11) is 3.81. The van der Waals surface area contributed by atoms with E-state index in [9.17, 15) is 9.59 Å². The number of anilines is 1. The van der Waals surface area contributed by atoms with Crippen molar-refractivity contribution in [1.82, 2.24) is 20.1 Å². The fourth-order valence-corrected chi connectivity index (χ4v) is 2.73. The van der Waals surface area contributed by atoms with Gasteiger partial charge in [-0.25, -0.2) is 9.67 Å². The van der Waals surface area contributed by atoms with Crippen molar-refractivity contribution in [3.63, 3.8) is 0 Å². The average Bonchev–Trinajstić information content (AvgIpc) is 3.44. The summed E-state index contributed by atoms with van der Waals surface area (Å²) in [6.45, 7) is 2.04. The lowest BCUT2D eigenvalue weighted by Crippen LogP contribution is -2.37. The number of carbonyl (C=O) groups excluding carboxylic acids is 1. The summed E-state index contributed by atoms with van der Waals surface area (Å²) in [5.74, 6) is 0.998. The van der Waals surface area contributed by atoms with Crippen LogP contribution >= 0.6 is 0 Å². The number of pyridine rings is 1. The lowest BCUT2D eigenvalue weighted by molar-refractivity contribution is -0.124. The standard InChI is InChI=1S/C18H23N5O2/c1-12(23-16(24)9-8-15(21-23)13-6-7-13)18(25)20-11-14-5-4-10-19-17(14)22(2)3/h4-5,8-10,12-13H,6-7,11H2,1-3H3,(H,20,25). The van der Waals surface area contributed by atoms with Crippen LogP contribution in [0, 0.1) is 0 Å². The number of carbonyl (C=O) groups is 1. The van der Waals surface area contributed by atoms with Crippen LogP contribution in [-0.4, -0.2) is 34.8 Å². The number of nitrogens with zero attached hydrogens (tertiary/aromatic N) is 4. The van der Waals surface area contributed by atoms with Crippen LogP contribution < -0.4 is 15.8 Å². The van der Waals surface area contributed by atoms with Crippen LogP contribution in [0.1, 0.15) is 43.0 Å². The molecule has 1 unspecified atom stereocenters. The minimum absolute atomic E-state index is 0.240. The van der Waals surface area contributed by atoms with Crippen LogP contribution in [0.25, 0.3) is 0 Å². The maximum Gasteiger partial charge on any atom is 0.267 e. The molecule has 0 radical (unpaired) electrons. The molecule has 7 nitrogen and oxygen atoms in total. The van der Waals surface area contributed by atoms with Gasteiger partial charge in [-0.2, -0.15) is 5.10 Å². The van der Waals surface area contributed by atoms with Gasteiger partial charge in [0.1, 0.15) is 11.9 Å². The summed E-state index contributed by atoms with van der Waals surface area (Å²) in [5, 5.41) is 7.26. The number of rotatable bonds is 6. The lowest BCUT2D eigenvalue weighted by Gasteiger charge is -2.18. The van der Waals surface area contributed by atoms with Gasteiger partial charge in [-0.15, -0.1) is 0 Å². The van der Waals surface area contributed by atoms with Crippen molar-refractivity contribution < 1.29 is 4.79 Å². The predicted molar refractivity (Wildman–Crippen MR) is 95.6 cm³/mol. The molecule has 0 aliphatic heterocycles. The smallest absolute Gasteiger partial charge is 0.267 e.